The van der Waals surface area contributed by atoms with Gasteiger partial charge < -0.3 is 5.73 Å². The number of nitrogens with zero attached hydrogens (tertiary/aromatic N) is 4. The molecule has 1 saturated heterocycles. The Kier molecular flexibility index (Phi) is 3.45. The molecule has 0 saturated carbocycles. The highest BCUT2D eigenvalue weighted by molar-refractivity contribution is 7.88. The van der Waals surface area contributed by atoms with Crippen molar-refractivity contribution in [3.63, 3.8) is 0 Å². The second kappa shape index (κ2) is 4.71. The molecule has 96 valence electrons. The first-order valence-corrected chi connectivity index (χ1v) is 7.41. The van der Waals surface area contributed by atoms with Crippen LogP contribution in [0.25, 0.3) is 0 Å². The Morgan fingerprint density at radius 3 is 2.94 bits per heavy atom. The third-order valence-electron chi connectivity index (χ3n) is 2.94. The fourth-order valence-electron chi connectivity index (χ4n) is 2.17. The van der Waals surface area contributed by atoms with Gasteiger partial charge in [0.2, 0.25) is 10.0 Å². The van der Waals surface area contributed by atoms with Gasteiger partial charge in [-0.3, -0.25) is 4.68 Å². The van der Waals surface area contributed by atoms with Crippen LogP contribution in [-0.2, 0) is 23.1 Å². The van der Waals surface area contributed by atoms with Crippen LogP contribution in [0.5, 0.6) is 0 Å². The molecule has 8 heteroatoms. The van der Waals surface area contributed by atoms with Gasteiger partial charge in [0, 0.05) is 25.3 Å². The van der Waals surface area contributed by atoms with Gasteiger partial charge in [-0.2, -0.15) is 4.31 Å². The molecule has 1 aromatic heterocycles. The van der Waals surface area contributed by atoms with E-state index in [2.05, 4.69) is 10.3 Å². The molecule has 1 aromatic rings. The Bertz CT molecular complexity index is 483. The second-order valence-electron chi connectivity index (χ2n) is 4.31. The monoisotopic (exact) mass is 259 g/mol. The highest BCUT2D eigenvalue weighted by Gasteiger charge is 2.31. The minimum Gasteiger partial charge on any atom is -0.325 e. The number of sulfonamides is 1. The van der Waals surface area contributed by atoms with Crippen molar-refractivity contribution in [2.24, 2.45) is 5.73 Å². The molecule has 1 atom stereocenters. The van der Waals surface area contributed by atoms with Gasteiger partial charge in [0.05, 0.1) is 18.5 Å². The lowest BCUT2D eigenvalue weighted by atomic mass is 10.2. The van der Waals surface area contributed by atoms with E-state index in [-0.39, 0.29) is 6.04 Å². The number of aromatic nitrogens is 3. The average molecular weight is 259 g/mol. The van der Waals surface area contributed by atoms with Crippen molar-refractivity contribution in [1.29, 1.82) is 0 Å². The summed E-state index contributed by atoms with van der Waals surface area (Å²) in [5.41, 5.74) is 6.16. The van der Waals surface area contributed by atoms with Gasteiger partial charge in [0.15, 0.2) is 0 Å². The molecule has 0 radical (unpaired) electrons. The average Bonchev–Trinajstić information content (AvgIpc) is 2.85. The largest absolute Gasteiger partial charge is 0.325 e. The molecule has 7 nitrogen and oxygen atoms in total. The Balaban J connectivity index is 2.08. The first kappa shape index (κ1) is 12.5. The Morgan fingerprint density at radius 2 is 2.35 bits per heavy atom. The van der Waals surface area contributed by atoms with Gasteiger partial charge in [-0.25, -0.2) is 8.42 Å². The van der Waals surface area contributed by atoms with E-state index in [1.54, 1.807) is 10.9 Å². The molecule has 1 fully saturated rings. The first-order chi connectivity index (χ1) is 8.00. The molecule has 1 aliphatic heterocycles. The Morgan fingerprint density at radius 1 is 1.59 bits per heavy atom. The van der Waals surface area contributed by atoms with E-state index in [4.69, 9.17) is 5.73 Å². The van der Waals surface area contributed by atoms with Crippen molar-refractivity contribution in [3.05, 3.63) is 11.9 Å². The fraction of sp³-hybridized carbons (Fsp3) is 0.778. The minimum absolute atomic E-state index is 0.0164. The van der Waals surface area contributed by atoms with Crippen LogP contribution in [-0.4, -0.2) is 46.6 Å². The molecule has 0 bridgehead atoms. The summed E-state index contributed by atoms with van der Waals surface area (Å²) in [7, 11) is -3.12. The van der Waals surface area contributed by atoms with Gasteiger partial charge >= 0.3 is 0 Å². The third kappa shape index (κ3) is 2.82. The fourth-order valence-corrected chi connectivity index (χ4v) is 3.34. The number of rotatable bonds is 4. The summed E-state index contributed by atoms with van der Waals surface area (Å²) in [4.78, 5) is 0. The third-order valence-corrected chi connectivity index (χ3v) is 4.27. The van der Waals surface area contributed by atoms with Crippen LogP contribution >= 0.6 is 0 Å². The molecular formula is C9H17N5O2S. The van der Waals surface area contributed by atoms with E-state index in [1.807, 2.05) is 0 Å². The highest BCUT2D eigenvalue weighted by Crippen LogP contribution is 2.21. The number of hydrogen-bond donors (Lipinski definition) is 1. The maximum atomic E-state index is 11.6. The number of hydrogen-bond acceptors (Lipinski definition) is 5. The molecule has 0 unspecified atom stereocenters. The van der Waals surface area contributed by atoms with Crippen molar-refractivity contribution in [2.75, 3.05) is 12.8 Å². The summed E-state index contributed by atoms with van der Waals surface area (Å²) >= 11 is 0. The highest BCUT2D eigenvalue weighted by atomic mass is 32.2. The summed E-state index contributed by atoms with van der Waals surface area (Å²) in [6.07, 6.45) is 4.78. The van der Waals surface area contributed by atoms with Crippen LogP contribution < -0.4 is 5.73 Å². The maximum absolute atomic E-state index is 11.6. The summed E-state index contributed by atoms with van der Waals surface area (Å²) in [6, 6.07) is -0.0164. The van der Waals surface area contributed by atoms with Crippen molar-refractivity contribution in [1.82, 2.24) is 19.3 Å². The van der Waals surface area contributed by atoms with Gasteiger partial charge in [-0.05, 0) is 12.8 Å². The predicted octanol–water partition coefficient (Wildman–Crippen LogP) is -0.839. The lowest BCUT2D eigenvalue weighted by Gasteiger charge is -2.21. The van der Waals surface area contributed by atoms with Gasteiger partial charge in [0.25, 0.3) is 0 Å². The van der Waals surface area contributed by atoms with E-state index in [1.165, 1.54) is 10.6 Å². The van der Waals surface area contributed by atoms with Crippen molar-refractivity contribution in [3.8, 4) is 0 Å². The van der Waals surface area contributed by atoms with E-state index in [9.17, 15) is 8.42 Å². The topological polar surface area (TPSA) is 94.1 Å². The number of nitrogens with two attached hydrogens (primary N) is 1. The molecule has 0 amide bonds. The lowest BCUT2D eigenvalue weighted by Crippen LogP contribution is -2.37. The molecule has 2 N–H and O–H groups in total. The SMILES string of the molecule is CS(=O)(=O)N1CCC[C@H]1Cn1cc(CN)nn1. The molecular weight excluding hydrogens is 242 g/mol. The van der Waals surface area contributed by atoms with Crippen LogP contribution in [0.2, 0.25) is 0 Å². The minimum atomic E-state index is -3.12. The van der Waals surface area contributed by atoms with Gasteiger partial charge in [0.1, 0.15) is 0 Å². The molecule has 0 spiro atoms. The standard InChI is InChI=1S/C9H17N5O2S/c1-17(15,16)14-4-2-3-9(14)7-13-6-8(5-10)11-12-13/h6,9H,2-5,7,10H2,1H3/t9-/m0/s1. The van der Waals surface area contributed by atoms with Crippen molar-refractivity contribution >= 4 is 10.0 Å². The zero-order chi connectivity index (χ0) is 12.5. The normalized spacial score (nSPS) is 22.1. The van der Waals surface area contributed by atoms with Gasteiger partial charge in [-0.1, -0.05) is 5.21 Å². The van der Waals surface area contributed by atoms with Gasteiger partial charge in [-0.15, -0.1) is 5.10 Å². The zero-order valence-corrected chi connectivity index (χ0v) is 10.6. The second-order valence-corrected chi connectivity index (χ2v) is 6.24. The van der Waals surface area contributed by atoms with E-state index >= 15 is 0 Å². The maximum Gasteiger partial charge on any atom is 0.211 e. The summed E-state index contributed by atoms with van der Waals surface area (Å²) in [5, 5.41) is 7.82. The lowest BCUT2D eigenvalue weighted by molar-refractivity contribution is 0.340. The smallest absolute Gasteiger partial charge is 0.211 e. The summed E-state index contributed by atoms with van der Waals surface area (Å²) in [5.74, 6) is 0. The van der Waals surface area contributed by atoms with E-state index in [0.717, 1.165) is 12.8 Å². The van der Waals surface area contributed by atoms with Crippen LogP contribution in [0.1, 0.15) is 18.5 Å². The molecule has 0 aliphatic carbocycles. The van der Waals surface area contributed by atoms with E-state index in [0.29, 0.717) is 25.3 Å². The predicted molar refractivity (Wildman–Crippen MR) is 62.5 cm³/mol. The summed E-state index contributed by atoms with van der Waals surface area (Å²) in [6.45, 7) is 1.49. The zero-order valence-electron chi connectivity index (χ0n) is 9.78. The Hall–Kier alpha value is -0.990. The quantitative estimate of drug-likeness (QED) is 0.761. The van der Waals surface area contributed by atoms with Crippen molar-refractivity contribution in [2.45, 2.75) is 32.0 Å². The van der Waals surface area contributed by atoms with Crippen LogP contribution in [0.15, 0.2) is 6.20 Å². The first-order valence-electron chi connectivity index (χ1n) is 5.56. The molecule has 0 aromatic carbocycles. The Labute approximate surface area is 101 Å². The van der Waals surface area contributed by atoms with E-state index < -0.39 is 10.0 Å². The molecule has 2 heterocycles. The summed E-state index contributed by atoms with van der Waals surface area (Å²) < 4.78 is 26.3. The molecule has 1 aliphatic rings. The molecule has 17 heavy (non-hydrogen) atoms. The van der Waals surface area contributed by atoms with Crippen molar-refractivity contribution < 1.29 is 8.42 Å². The molecule has 2 rings (SSSR count). The van der Waals surface area contributed by atoms with Crippen LogP contribution in [0, 0.1) is 0 Å². The van der Waals surface area contributed by atoms with Crippen LogP contribution in [0.3, 0.4) is 0 Å². The van der Waals surface area contributed by atoms with Crippen LogP contribution in [0.4, 0.5) is 0 Å².